The molecule has 0 atom stereocenters. The van der Waals surface area contributed by atoms with E-state index in [4.69, 9.17) is 0 Å². The molecule has 11 aromatic rings. The third kappa shape index (κ3) is 5.86. The molecule has 1 heterocycles. The van der Waals surface area contributed by atoms with Gasteiger partial charge in [-0.1, -0.05) is 176 Å². The highest BCUT2D eigenvalue weighted by molar-refractivity contribution is 7.25. The number of hydrogen-bond donors (Lipinski definition) is 0. The van der Waals surface area contributed by atoms with E-state index in [2.05, 4.69) is 229 Å². The summed E-state index contributed by atoms with van der Waals surface area (Å²) in [4.78, 5) is 2.48. The van der Waals surface area contributed by atoms with E-state index in [0.717, 1.165) is 17.1 Å². The van der Waals surface area contributed by atoms with Gasteiger partial charge in [0.25, 0.3) is 0 Å². The topological polar surface area (TPSA) is 3.24 Å². The first kappa shape index (κ1) is 34.0. The van der Waals surface area contributed by atoms with Gasteiger partial charge < -0.3 is 4.90 Å². The third-order valence-electron chi connectivity index (χ3n) is 11.4. The first-order chi connectivity index (χ1) is 28.8. The number of rotatable bonds is 7. The van der Waals surface area contributed by atoms with Crippen LogP contribution in [0.15, 0.2) is 224 Å². The Labute approximate surface area is 342 Å². The number of nitrogens with zero attached hydrogens (tertiary/aromatic N) is 1. The summed E-state index contributed by atoms with van der Waals surface area (Å²) in [5, 5.41) is 7.51. The highest BCUT2D eigenvalue weighted by Crippen LogP contribution is 2.49. The molecule has 10 aromatic carbocycles. The van der Waals surface area contributed by atoms with Crippen molar-refractivity contribution in [2.75, 3.05) is 4.90 Å². The lowest BCUT2D eigenvalue weighted by atomic mass is 9.85. The van der Waals surface area contributed by atoms with Crippen molar-refractivity contribution in [3.8, 4) is 44.5 Å². The predicted octanol–water partition coefficient (Wildman–Crippen LogP) is 16.5. The van der Waals surface area contributed by atoms with E-state index in [-0.39, 0.29) is 0 Å². The average Bonchev–Trinajstić information content (AvgIpc) is 3.68. The van der Waals surface area contributed by atoms with E-state index in [9.17, 15) is 0 Å². The lowest BCUT2D eigenvalue weighted by Crippen LogP contribution is -2.11. The molecule has 1 aromatic heterocycles. The van der Waals surface area contributed by atoms with Crippen LogP contribution in [-0.2, 0) is 0 Å². The van der Waals surface area contributed by atoms with Gasteiger partial charge in [-0.3, -0.25) is 0 Å². The van der Waals surface area contributed by atoms with Gasteiger partial charge in [0.1, 0.15) is 0 Å². The minimum atomic E-state index is 1.10. The largest absolute Gasteiger partial charge is 0.310 e. The Bertz CT molecular complexity index is 3260. The molecule has 0 aliphatic rings. The Hall–Kier alpha value is -7.26. The molecule has 58 heavy (non-hydrogen) atoms. The highest BCUT2D eigenvalue weighted by atomic mass is 32.1. The van der Waals surface area contributed by atoms with Crippen LogP contribution in [0.4, 0.5) is 17.1 Å². The lowest BCUT2D eigenvalue weighted by molar-refractivity contribution is 1.30. The van der Waals surface area contributed by atoms with Crippen molar-refractivity contribution in [2.24, 2.45) is 0 Å². The predicted molar refractivity (Wildman–Crippen MR) is 251 cm³/mol. The summed E-state index contributed by atoms with van der Waals surface area (Å²) in [7, 11) is 0. The summed E-state index contributed by atoms with van der Waals surface area (Å²) >= 11 is 1.86. The smallest absolute Gasteiger partial charge is 0.0540 e. The molecular formula is C56H37NS. The van der Waals surface area contributed by atoms with Gasteiger partial charge in [0, 0.05) is 37.1 Å². The number of hydrogen-bond acceptors (Lipinski definition) is 2. The third-order valence-corrected chi connectivity index (χ3v) is 12.6. The zero-order chi connectivity index (χ0) is 38.4. The molecule has 0 spiro atoms. The Morgan fingerprint density at radius 1 is 0.276 bits per heavy atom. The summed E-state index contributed by atoms with van der Waals surface area (Å²) in [6.45, 7) is 0. The summed E-state index contributed by atoms with van der Waals surface area (Å²) < 4.78 is 2.59. The van der Waals surface area contributed by atoms with Crippen LogP contribution in [0.2, 0.25) is 0 Å². The van der Waals surface area contributed by atoms with Gasteiger partial charge in [0.05, 0.1) is 5.69 Å². The summed E-state index contributed by atoms with van der Waals surface area (Å²) in [6.07, 6.45) is 0. The van der Waals surface area contributed by atoms with Crippen molar-refractivity contribution in [3.05, 3.63) is 224 Å². The molecule has 0 unspecified atom stereocenters. The van der Waals surface area contributed by atoms with Crippen LogP contribution >= 0.6 is 11.3 Å². The standard InChI is InChI=1S/C56H37NS/c1-5-17-38(18-6-1)42-29-33-52(49(35-42)39-19-7-2-8-20-39)57(44-31-34-54-50(36-44)47-26-15-16-28-53(47)58-54)43-30-32-46-45-25-13-14-27-48(45)55(40-21-9-3-10-22-40)56(51(46)37-43)41-23-11-4-12-24-41/h1-37H. The Kier molecular flexibility index (Phi) is 8.42. The van der Waals surface area contributed by atoms with E-state index in [1.165, 1.54) is 86.2 Å². The molecule has 0 saturated carbocycles. The van der Waals surface area contributed by atoms with E-state index in [1.54, 1.807) is 0 Å². The van der Waals surface area contributed by atoms with Crippen molar-refractivity contribution < 1.29 is 0 Å². The Morgan fingerprint density at radius 2 is 0.759 bits per heavy atom. The van der Waals surface area contributed by atoms with Crippen molar-refractivity contribution in [1.29, 1.82) is 0 Å². The van der Waals surface area contributed by atoms with Gasteiger partial charge in [-0.15, -0.1) is 11.3 Å². The minimum absolute atomic E-state index is 1.10. The van der Waals surface area contributed by atoms with Gasteiger partial charge in [-0.2, -0.15) is 0 Å². The maximum atomic E-state index is 2.48. The molecule has 11 rings (SSSR count). The van der Waals surface area contributed by atoms with Crippen molar-refractivity contribution in [1.82, 2.24) is 0 Å². The first-order valence-electron chi connectivity index (χ1n) is 19.8. The molecule has 0 aliphatic heterocycles. The number of thiophene rings is 1. The molecule has 0 fully saturated rings. The maximum absolute atomic E-state index is 2.48. The first-order valence-corrected chi connectivity index (χ1v) is 20.7. The van der Waals surface area contributed by atoms with Crippen LogP contribution in [0.3, 0.4) is 0 Å². The van der Waals surface area contributed by atoms with Gasteiger partial charge in [0.2, 0.25) is 0 Å². The highest BCUT2D eigenvalue weighted by Gasteiger charge is 2.23. The van der Waals surface area contributed by atoms with Crippen LogP contribution in [0, 0.1) is 0 Å². The number of anilines is 3. The van der Waals surface area contributed by atoms with Crippen LogP contribution < -0.4 is 4.90 Å². The van der Waals surface area contributed by atoms with Crippen LogP contribution in [0.1, 0.15) is 0 Å². The molecule has 0 saturated heterocycles. The SMILES string of the molecule is c1ccc(-c2ccc(N(c3ccc4c(c3)c(-c3ccccc3)c(-c3ccccc3)c3ccccc34)c3ccc4sc5ccccc5c4c3)c(-c3ccccc3)c2)cc1. The number of benzene rings is 10. The molecule has 0 radical (unpaired) electrons. The van der Waals surface area contributed by atoms with E-state index < -0.39 is 0 Å². The molecule has 2 heteroatoms. The fraction of sp³-hybridized carbons (Fsp3) is 0. The summed E-state index contributed by atoms with van der Waals surface area (Å²) in [5.41, 5.74) is 13.0. The summed E-state index contributed by atoms with van der Waals surface area (Å²) in [6, 6.07) is 82.1. The fourth-order valence-electron chi connectivity index (χ4n) is 8.80. The summed E-state index contributed by atoms with van der Waals surface area (Å²) in [5.74, 6) is 0. The zero-order valence-corrected chi connectivity index (χ0v) is 32.5. The van der Waals surface area contributed by atoms with Gasteiger partial charge in [-0.25, -0.2) is 0 Å². The quantitative estimate of drug-likeness (QED) is 0.146. The Morgan fingerprint density at radius 3 is 1.43 bits per heavy atom. The van der Waals surface area contributed by atoms with Crippen LogP contribution in [-0.4, -0.2) is 0 Å². The lowest BCUT2D eigenvalue weighted by Gasteiger charge is -2.29. The normalized spacial score (nSPS) is 11.4. The second kappa shape index (κ2) is 14.4. The monoisotopic (exact) mass is 755 g/mol. The second-order valence-corrected chi connectivity index (χ2v) is 15.9. The van der Waals surface area contributed by atoms with Crippen molar-refractivity contribution in [2.45, 2.75) is 0 Å². The zero-order valence-electron chi connectivity index (χ0n) is 31.7. The maximum Gasteiger partial charge on any atom is 0.0540 e. The molecule has 1 nitrogen and oxygen atoms in total. The van der Waals surface area contributed by atoms with Crippen molar-refractivity contribution >= 4 is 70.1 Å². The number of fused-ring (bicyclic) bond motifs is 6. The van der Waals surface area contributed by atoms with E-state index in [0.29, 0.717) is 0 Å². The molecular weight excluding hydrogens is 719 g/mol. The van der Waals surface area contributed by atoms with Crippen LogP contribution in [0.5, 0.6) is 0 Å². The van der Waals surface area contributed by atoms with Gasteiger partial charge in [-0.05, 0) is 109 Å². The average molecular weight is 756 g/mol. The minimum Gasteiger partial charge on any atom is -0.310 e. The molecule has 272 valence electrons. The van der Waals surface area contributed by atoms with E-state index >= 15 is 0 Å². The molecule has 0 aliphatic carbocycles. The molecule has 0 bridgehead atoms. The van der Waals surface area contributed by atoms with E-state index in [1.807, 2.05) is 11.3 Å². The molecule has 0 amide bonds. The molecule has 0 N–H and O–H groups in total. The fourth-order valence-corrected chi connectivity index (χ4v) is 9.88. The van der Waals surface area contributed by atoms with Crippen molar-refractivity contribution in [3.63, 3.8) is 0 Å². The van der Waals surface area contributed by atoms with Gasteiger partial charge in [0.15, 0.2) is 0 Å². The second-order valence-electron chi connectivity index (χ2n) is 14.8. The Balaban J connectivity index is 1.24. The van der Waals surface area contributed by atoms with Crippen LogP contribution in [0.25, 0.3) is 86.2 Å². The van der Waals surface area contributed by atoms with Gasteiger partial charge >= 0.3 is 0 Å².